The Morgan fingerprint density at radius 1 is 1.69 bits per heavy atom. The molecule has 1 unspecified atom stereocenters. The number of carbonyl (C=O) groups is 1. The molecule has 16 heavy (non-hydrogen) atoms. The zero-order chi connectivity index (χ0) is 11.8. The molecule has 2 rings (SSSR count). The molecule has 0 radical (unpaired) electrons. The number of hydrogen-bond acceptors (Lipinski definition) is 3. The van der Waals surface area contributed by atoms with Crippen LogP contribution >= 0.6 is 0 Å². The first-order chi connectivity index (χ1) is 7.48. The lowest BCUT2D eigenvalue weighted by molar-refractivity contribution is -0.118. The summed E-state index contributed by atoms with van der Waals surface area (Å²) >= 11 is 0. The van der Waals surface area contributed by atoms with Crippen molar-refractivity contribution in [3.8, 4) is 0 Å². The van der Waals surface area contributed by atoms with Crippen LogP contribution in [-0.4, -0.2) is 45.8 Å². The van der Waals surface area contributed by atoms with Crippen molar-refractivity contribution in [1.29, 1.82) is 0 Å². The second-order valence-corrected chi connectivity index (χ2v) is 4.86. The lowest BCUT2D eigenvalue weighted by atomic mass is 10.0. The number of nitrogens with zero attached hydrogens (tertiary/aromatic N) is 2. The summed E-state index contributed by atoms with van der Waals surface area (Å²) in [7, 11) is 0. The number of aromatic amines is 1. The van der Waals surface area contributed by atoms with Gasteiger partial charge in [0, 0.05) is 19.3 Å². The van der Waals surface area contributed by atoms with Gasteiger partial charge >= 0.3 is 0 Å². The van der Waals surface area contributed by atoms with Gasteiger partial charge in [-0.2, -0.15) is 5.10 Å². The maximum Gasteiger partial charge on any atom is 0.257 e. The standard InChI is InChI=1S/C11H17N3O2/c1-8-6-14(7-11(2,3)16-8)10(15)9-4-12-13-5-9/h4-5,8H,6-7H2,1-3H3,(H,12,13). The molecule has 1 fully saturated rings. The molecule has 1 N–H and O–H groups in total. The predicted octanol–water partition coefficient (Wildman–Crippen LogP) is 1.05. The molecule has 1 aromatic heterocycles. The van der Waals surface area contributed by atoms with Gasteiger partial charge in [-0.05, 0) is 20.8 Å². The van der Waals surface area contributed by atoms with Crippen LogP contribution in [0.2, 0.25) is 0 Å². The van der Waals surface area contributed by atoms with E-state index in [4.69, 9.17) is 4.74 Å². The average molecular weight is 223 g/mol. The number of ether oxygens (including phenoxy) is 1. The summed E-state index contributed by atoms with van der Waals surface area (Å²) in [5.41, 5.74) is 0.321. The highest BCUT2D eigenvalue weighted by Gasteiger charge is 2.34. The Morgan fingerprint density at radius 3 is 3.00 bits per heavy atom. The second kappa shape index (κ2) is 3.90. The van der Waals surface area contributed by atoms with Gasteiger partial charge in [-0.25, -0.2) is 0 Å². The summed E-state index contributed by atoms with van der Waals surface area (Å²) in [6, 6.07) is 0. The molecule has 0 saturated carbocycles. The number of amides is 1. The summed E-state index contributed by atoms with van der Waals surface area (Å²) in [6.07, 6.45) is 3.24. The molecule has 88 valence electrons. The first-order valence-electron chi connectivity index (χ1n) is 5.44. The van der Waals surface area contributed by atoms with Gasteiger partial charge in [-0.1, -0.05) is 0 Å². The van der Waals surface area contributed by atoms with Crippen molar-refractivity contribution < 1.29 is 9.53 Å². The average Bonchev–Trinajstić information content (AvgIpc) is 2.65. The highest BCUT2D eigenvalue weighted by molar-refractivity contribution is 5.93. The van der Waals surface area contributed by atoms with Crippen LogP contribution in [0.4, 0.5) is 0 Å². The Morgan fingerprint density at radius 2 is 2.44 bits per heavy atom. The van der Waals surface area contributed by atoms with Crippen molar-refractivity contribution in [1.82, 2.24) is 15.1 Å². The van der Waals surface area contributed by atoms with Crippen molar-refractivity contribution in [2.24, 2.45) is 0 Å². The van der Waals surface area contributed by atoms with Crippen LogP contribution in [0.5, 0.6) is 0 Å². The van der Waals surface area contributed by atoms with Gasteiger partial charge in [-0.3, -0.25) is 9.89 Å². The molecule has 5 nitrogen and oxygen atoms in total. The minimum Gasteiger partial charge on any atom is -0.369 e. The molecular formula is C11H17N3O2. The van der Waals surface area contributed by atoms with Crippen molar-refractivity contribution in [3.63, 3.8) is 0 Å². The highest BCUT2D eigenvalue weighted by Crippen LogP contribution is 2.21. The summed E-state index contributed by atoms with van der Waals surface area (Å²) < 4.78 is 5.75. The third-order valence-electron chi connectivity index (χ3n) is 2.60. The molecular weight excluding hydrogens is 206 g/mol. The van der Waals surface area contributed by atoms with Crippen LogP contribution in [-0.2, 0) is 4.74 Å². The number of H-pyrrole nitrogens is 1. The van der Waals surface area contributed by atoms with Gasteiger partial charge in [0.25, 0.3) is 5.91 Å². The van der Waals surface area contributed by atoms with Gasteiger partial charge in [0.05, 0.1) is 23.5 Å². The van der Waals surface area contributed by atoms with Crippen molar-refractivity contribution in [2.75, 3.05) is 13.1 Å². The summed E-state index contributed by atoms with van der Waals surface area (Å²) in [6.45, 7) is 7.22. The summed E-state index contributed by atoms with van der Waals surface area (Å²) in [4.78, 5) is 13.9. The molecule has 0 bridgehead atoms. The molecule has 1 aromatic rings. The highest BCUT2D eigenvalue weighted by atomic mass is 16.5. The van der Waals surface area contributed by atoms with Gasteiger partial charge in [0.15, 0.2) is 0 Å². The lowest BCUT2D eigenvalue weighted by Crippen LogP contribution is -2.53. The van der Waals surface area contributed by atoms with Gasteiger partial charge in [0.2, 0.25) is 0 Å². The van der Waals surface area contributed by atoms with E-state index in [1.165, 1.54) is 0 Å². The van der Waals surface area contributed by atoms with E-state index >= 15 is 0 Å². The van der Waals surface area contributed by atoms with Crippen LogP contribution in [0, 0.1) is 0 Å². The summed E-state index contributed by atoms with van der Waals surface area (Å²) in [5.74, 6) is 0.0111. The van der Waals surface area contributed by atoms with E-state index in [1.54, 1.807) is 12.4 Å². The van der Waals surface area contributed by atoms with E-state index in [0.717, 1.165) is 0 Å². The van der Waals surface area contributed by atoms with E-state index in [-0.39, 0.29) is 17.6 Å². The molecule has 2 heterocycles. The molecule has 5 heteroatoms. The molecule has 0 aromatic carbocycles. The molecule has 1 amide bonds. The van der Waals surface area contributed by atoms with Gasteiger partial charge in [0.1, 0.15) is 0 Å². The minimum absolute atomic E-state index is 0.0111. The van der Waals surface area contributed by atoms with Crippen LogP contribution in [0.1, 0.15) is 31.1 Å². The number of rotatable bonds is 1. The molecule has 0 spiro atoms. The fourth-order valence-electron chi connectivity index (χ4n) is 2.16. The topological polar surface area (TPSA) is 58.2 Å². The number of morpholine rings is 1. The van der Waals surface area contributed by atoms with Crippen molar-refractivity contribution in [2.45, 2.75) is 32.5 Å². The zero-order valence-electron chi connectivity index (χ0n) is 9.86. The monoisotopic (exact) mass is 223 g/mol. The van der Waals surface area contributed by atoms with E-state index < -0.39 is 0 Å². The third kappa shape index (κ3) is 2.24. The number of aromatic nitrogens is 2. The molecule has 1 aliphatic rings. The van der Waals surface area contributed by atoms with Crippen LogP contribution in [0.3, 0.4) is 0 Å². The van der Waals surface area contributed by atoms with Gasteiger partial charge < -0.3 is 9.64 Å². The molecule has 1 aliphatic heterocycles. The largest absolute Gasteiger partial charge is 0.369 e. The quantitative estimate of drug-likeness (QED) is 0.774. The fraction of sp³-hybridized carbons (Fsp3) is 0.636. The Kier molecular flexibility index (Phi) is 2.71. The summed E-state index contributed by atoms with van der Waals surface area (Å²) in [5, 5.41) is 6.44. The van der Waals surface area contributed by atoms with Crippen LogP contribution in [0.25, 0.3) is 0 Å². The van der Waals surface area contributed by atoms with E-state index in [2.05, 4.69) is 10.2 Å². The Bertz CT molecular complexity index is 373. The number of nitrogens with one attached hydrogen (secondary N) is 1. The maximum absolute atomic E-state index is 12.1. The number of hydrogen-bond donors (Lipinski definition) is 1. The Labute approximate surface area is 94.8 Å². The van der Waals surface area contributed by atoms with E-state index in [0.29, 0.717) is 18.7 Å². The zero-order valence-corrected chi connectivity index (χ0v) is 9.86. The van der Waals surface area contributed by atoms with Crippen LogP contribution in [0.15, 0.2) is 12.4 Å². The molecule has 1 atom stereocenters. The SMILES string of the molecule is CC1CN(C(=O)c2cn[nH]c2)CC(C)(C)O1. The maximum atomic E-state index is 12.1. The first kappa shape index (κ1) is 11.1. The fourth-order valence-corrected chi connectivity index (χ4v) is 2.16. The Balaban J connectivity index is 2.12. The second-order valence-electron chi connectivity index (χ2n) is 4.86. The first-order valence-corrected chi connectivity index (χ1v) is 5.44. The van der Waals surface area contributed by atoms with Crippen LogP contribution < -0.4 is 0 Å². The Hall–Kier alpha value is -1.36. The smallest absolute Gasteiger partial charge is 0.257 e. The van der Waals surface area contributed by atoms with E-state index in [9.17, 15) is 4.79 Å². The van der Waals surface area contributed by atoms with E-state index in [1.807, 2.05) is 25.7 Å². The normalized spacial score (nSPS) is 24.4. The molecule has 0 aliphatic carbocycles. The van der Waals surface area contributed by atoms with Crippen molar-refractivity contribution >= 4 is 5.91 Å². The predicted molar refractivity (Wildman–Crippen MR) is 59.1 cm³/mol. The minimum atomic E-state index is -0.281. The van der Waals surface area contributed by atoms with Crippen molar-refractivity contribution in [3.05, 3.63) is 18.0 Å². The number of carbonyl (C=O) groups excluding carboxylic acids is 1. The lowest BCUT2D eigenvalue weighted by Gasteiger charge is -2.41. The third-order valence-corrected chi connectivity index (χ3v) is 2.60. The van der Waals surface area contributed by atoms with Gasteiger partial charge in [-0.15, -0.1) is 0 Å². The molecule has 1 saturated heterocycles.